The lowest BCUT2D eigenvalue weighted by atomic mass is 10.0. The maximum absolute atomic E-state index is 4.08. The van der Waals surface area contributed by atoms with Crippen molar-refractivity contribution in [3.05, 3.63) is 75.2 Å². The minimum atomic E-state index is 0.222. The molecule has 21 heavy (non-hydrogen) atoms. The monoisotopic (exact) mass is 297 g/mol. The summed E-state index contributed by atoms with van der Waals surface area (Å²) in [4.78, 5) is 1.33. The van der Waals surface area contributed by atoms with E-state index < -0.39 is 0 Å². The third-order valence-electron chi connectivity index (χ3n) is 3.67. The van der Waals surface area contributed by atoms with E-state index in [1.54, 1.807) is 11.3 Å². The summed E-state index contributed by atoms with van der Waals surface area (Å²) in [6.07, 6.45) is 1.89. The molecule has 108 valence electrons. The zero-order valence-electron chi connectivity index (χ0n) is 12.3. The Morgan fingerprint density at radius 1 is 1.19 bits per heavy atom. The van der Waals surface area contributed by atoms with Crippen LogP contribution >= 0.6 is 11.3 Å². The number of nitrogens with zero attached hydrogens (tertiary/aromatic N) is 1. The van der Waals surface area contributed by atoms with E-state index in [0.717, 1.165) is 12.2 Å². The van der Waals surface area contributed by atoms with Gasteiger partial charge in [-0.1, -0.05) is 35.9 Å². The minimum Gasteiger partial charge on any atom is -0.301 e. The van der Waals surface area contributed by atoms with Gasteiger partial charge in [0.05, 0.1) is 12.2 Å². The van der Waals surface area contributed by atoms with Crippen molar-refractivity contribution in [1.82, 2.24) is 15.5 Å². The summed E-state index contributed by atoms with van der Waals surface area (Å²) in [6, 6.07) is 13.3. The van der Waals surface area contributed by atoms with Crippen LogP contribution in [0.15, 0.2) is 48.0 Å². The highest BCUT2D eigenvalue weighted by atomic mass is 32.1. The lowest BCUT2D eigenvalue weighted by Crippen LogP contribution is -2.21. The summed E-state index contributed by atoms with van der Waals surface area (Å²) in [5.74, 6) is 0. The van der Waals surface area contributed by atoms with Gasteiger partial charge in [0.1, 0.15) is 0 Å². The molecule has 2 aromatic heterocycles. The Balaban J connectivity index is 1.83. The Morgan fingerprint density at radius 2 is 2.00 bits per heavy atom. The smallest absolute Gasteiger partial charge is 0.0673 e. The van der Waals surface area contributed by atoms with E-state index in [1.165, 1.54) is 21.6 Å². The summed E-state index contributed by atoms with van der Waals surface area (Å²) < 4.78 is 0. The van der Waals surface area contributed by atoms with Crippen LogP contribution in [0.2, 0.25) is 0 Å². The molecule has 0 aliphatic carbocycles. The molecule has 2 N–H and O–H groups in total. The second-order valence-electron chi connectivity index (χ2n) is 5.26. The minimum absolute atomic E-state index is 0.222. The quantitative estimate of drug-likeness (QED) is 0.748. The van der Waals surface area contributed by atoms with Crippen LogP contribution in [0.25, 0.3) is 0 Å². The van der Waals surface area contributed by atoms with E-state index in [2.05, 4.69) is 71.1 Å². The van der Waals surface area contributed by atoms with E-state index in [4.69, 9.17) is 0 Å². The fourth-order valence-electron chi connectivity index (χ4n) is 2.36. The Morgan fingerprint density at radius 3 is 2.62 bits per heavy atom. The molecule has 4 heteroatoms. The average Bonchev–Trinajstić information content (AvgIpc) is 3.13. The number of aromatic nitrogens is 2. The van der Waals surface area contributed by atoms with Gasteiger partial charge < -0.3 is 5.32 Å². The zero-order chi connectivity index (χ0) is 14.7. The van der Waals surface area contributed by atoms with Crippen LogP contribution in [0.3, 0.4) is 0 Å². The van der Waals surface area contributed by atoms with Crippen LogP contribution in [0, 0.1) is 13.8 Å². The second kappa shape index (κ2) is 6.24. The van der Waals surface area contributed by atoms with Crippen LogP contribution in [0.4, 0.5) is 0 Å². The fraction of sp³-hybridized carbons (Fsp3) is 0.235. The summed E-state index contributed by atoms with van der Waals surface area (Å²) in [5.41, 5.74) is 4.92. The highest BCUT2D eigenvalue weighted by Gasteiger charge is 2.15. The molecule has 0 saturated carbocycles. The molecule has 0 aliphatic rings. The predicted octanol–water partition coefficient (Wildman–Crippen LogP) is 3.97. The first-order valence-corrected chi connectivity index (χ1v) is 7.94. The molecule has 1 aromatic carbocycles. The van der Waals surface area contributed by atoms with Crippen molar-refractivity contribution in [3.8, 4) is 0 Å². The summed E-state index contributed by atoms with van der Waals surface area (Å²) in [7, 11) is 0. The van der Waals surface area contributed by atoms with Crippen molar-refractivity contribution in [2.45, 2.75) is 26.4 Å². The number of H-pyrrole nitrogens is 1. The predicted molar refractivity (Wildman–Crippen MR) is 87.5 cm³/mol. The van der Waals surface area contributed by atoms with Gasteiger partial charge in [-0.3, -0.25) is 5.10 Å². The van der Waals surface area contributed by atoms with Crippen LogP contribution < -0.4 is 5.32 Å². The van der Waals surface area contributed by atoms with E-state index in [-0.39, 0.29) is 6.04 Å². The summed E-state index contributed by atoms with van der Waals surface area (Å²) >= 11 is 1.79. The fourth-order valence-corrected chi connectivity index (χ4v) is 3.19. The first-order chi connectivity index (χ1) is 10.2. The zero-order valence-corrected chi connectivity index (χ0v) is 13.1. The van der Waals surface area contributed by atoms with Crippen molar-refractivity contribution >= 4 is 11.3 Å². The lowest BCUT2D eigenvalue weighted by molar-refractivity contribution is 0.611. The number of aromatic amines is 1. The molecule has 0 aliphatic heterocycles. The molecule has 3 nitrogen and oxygen atoms in total. The molecule has 3 aromatic rings. The molecule has 0 amide bonds. The van der Waals surface area contributed by atoms with Crippen molar-refractivity contribution in [2.75, 3.05) is 0 Å². The largest absolute Gasteiger partial charge is 0.301 e. The van der Waals surface area contributed by atoms with Gasteiger partial charge >= 0.3 is 0 Å². The van der Waals surface area contributed by atoms with E-state index in [9.17, 15) is 0 Å². The van der Waals surface area contributed by atoms with Crippen molar-refractivity contribution < 1.29 is 0 Å². The molecule has 0 saturated heterocycles. The number of rotatable bonds is 5. The lowest BCUT2D eigenvalue weighted by Gasteiger charge is -2.18. The topological polar surface area (TPSA) is 40.7 Å². The van der Waals surface area contributed by atoms with Gasteiger partial charge in [-0.05, 0) is 30.9 Å². The van der Waals surface area contributed by atoms with Gasteiger partial charge in [0.2, 0.25) is 0 Å². The number of thiophene rings is 1. The van der Waals surface area contributed by atoms with Gasteiger partial charge in [-0.25, -0.2) is 0 Å². The maximum atomic E-state index is 4.08. The number of aryl methyl sites for hydroxylation is 2. The first kappa shape index (κ1) is 14.0. The molecule has 3 rings (SSSR count). The summed E-state index contributed by atoms with van der Waals surface area (Å²) in [6.45, 7) is 4.97. The van der Waals surface area contributed by atoms with Crippen LogP contribution in [0.1, 0.15) is 33.3 Å². The molecule has 2 heterocycles. The summed E-state index contributed by atoms with van der Waals surface area (Å²) in [5, 5.41) is 12.8. The molecular formula is C17H19N3S. The number of nitrogens with one attached hydrogen (secondary N) is 2. The van der Waals surface area contributed by atoms with Gasteiger partial charge in [0.15, 0.2) is 0 Å². The van der Waals surface area contributed by atoms with Gasteiger partial charge in [0.25, 0.3) is 0 Å². The highest BCUT2D eigenvalue weighted by Crippen LogP contribution is 2.26. The Labute approximate surface area is 129 Å². The highest BCUT2D eigenvalue weighted by molar-refractivity contribution is 7.10. The van der Waals surface area contributed by atoms with Gasteiger partial charge in [0, 0.05) is 22.7 Å². The number of hydrogen-bond donors (Lipinski definition) is 2. The Bertz CT molecular complexity index is 683. The second-order valence-corrected chi connectivity index (χ2v) is 6.24. The maximum Gasteiger partial charge on any atom is 0.0673 e. The molecule has 0 fully saturated rings. The van der Waals surface area contributed by atoms with E-state index >= 15 is 0 Å². The average molecular weight is 297 g/mol. The molecule has 1 unspecified atom stereocenters. The van der Waals surface area contributed by atoms with Crippen LogP contribution in [-0.4, -0.2) is 10.2 Å². The SMILES string of the molecule is Cc1ccc(C(NCc2cn[nH]c2C)c2cccs2)cc1. The standard InChI is InChI=1S/C17H19N3S/c1-12-5-7-14(8-6-12)17(16-4-3-9-21-16)18-10-15-11-19-20-13(15)2/h3-9,11,17-18H,10H2,1-2H3,(H,19,20). The van der Waals surface area contributed by atoms with Crippen LogP contribution in [0.5, 0.6) is 0 Å². The third-order valence-corrected chi connectivity index (χ3v) is 4.61. The van der Waals surface area contributed by atoms with Crippen LogP contribution in [-0.2, 0) is 6.54 Å². The van der Waals surface area contributed by atoms with Gasteiger partial charge in [-0.15, -0.1) is 11.3 Å². The normalized spacial score (nSPS) is 12.5. The van der Waals surface area contributed by atoms with Crippen molar-refractivity contribution in [1.29, 1.82) is 0 Å². The molecule has 0 radical (unpaired) electrons. The molecular weight excluding hydrogens is 278 g/mol. The van der Waals surface area contributed by atoms with Gasteiger partial charge in [-0.2, -0.15) is 5.10 Å². The molecule has 0 spiro atoms. The third kappa shape index (κ3) is 3.23. The Hall–Kier alpha value is -1.91. The van der Waals surface area contributed by atoms with Crippen molar-refractivity contribution in [3.63, 3.8) is 0 Å². The molecule has 1 atom stereocenters. The first-order valence-electron chi connectivity index (χ1n) is 7.06. The molecule has 0 bridgehead atoms. The number of hydrogen-bond acceptors (Lipinski definition) is 3. The van der Waals surface area contributed by atoms with E-state index in [1.807, 2.05) is 6.20 Å². The van der Waals surface area contributed by atoms with E-state index in [0.29, 0.717) is 0 Å². The van der Waals surface area contributed by atoms with Crippen molar-refractivity contribution in [2.24, 2.45) is 0 Å². The Kier molecular flexibility index (Phi) is 4.18. The number of benzene rings is 1.